The largest absolute Gasteiger partial charge is 0.334 e. The molecular formula is C14H14N4O6S. The number of carbonyl (C=O) groups is 1. The first-order chi connectivity index (χ1) is 11.6. The second-order valence-corrected chi connectivity index (χ2v) is 6.69. The van der Waals surface area contributed by atoms with Crippen LogP contribution in [-0.4, -0.2) is 23.8 Å². The number of aromatic nitrogens is 1. The van der Waals surface area contributed by atoms with E-state index in [1.807, 2.05) is 0 Å². The number of nitrogens with two attached hydrogens (primary N) is 1. The maximum atomic E-state index is 12.1. The normalized spacial score (nSPS) is 11.1. The fourth-order valence-electron chi connectivity index (χ4n) is 2.07. The van der Waals surface area contributed by atoms with E-state index in [1.54, 1.807) is 6.92 Å². The summed E-state index contributed by atoms with van der Waals surface area (Å²) in [5, 5.41) is 18.2. The Labute approximate surface area is 142 Å². The second-order valence-electron chi connectivity index (χ2n) is 5.13. The summed E-state index contributed by atoms with van der Waals surface area (Å²) in [6, 6.07) is 7.55. The number of pyridine rings is 1. The van der Waals surface area contributed by atoms with E-state index in [9.17, 15) is 28.1 Å². The van der Waals surface area contributed by atoms with Crippen molar-refractivity contribution in [1.29, 1.82) is 0 Å². The Morgan fingerprint density at radius 1 is 1.24 bits per heavy atom. The lowest BCUT2D eigenvalue weighted by atomic mass is 10.3. The van der Waals surface area contributed by atoms with E-state index in [2.05, 4.69) is 5.32 Å². The van der Waals surface area contributed by atoms with Gasteiger partial charge in [0.25, 0.3) is 0 Å². The molecule has 3 N–H and O–H groups in total. The summed E-state index contributed by atoms with van der Waals surface area (Å²) in [5.74, 6) is -0.603. The van der Waals surface area contributed by atoms with E-state index in [4.69, 9.17) is 5.14 Å². The van der Waals surface area contributed by atoms with Crippen LogP contribution in [-0.2, 0) is 21.4 Å². The SMILES string of the molecule is Cc1ccc([N+](=O)[O-])c(=O)n1CC(=O)Nc1ccc(S(N)(=O)=O)cc1. The smallest absolute Gasteiger partial charge is 0.325 e. The molecule has 0 saturated carbocycles. The fourth-order valence-corrected chi connectivity index (χ4v) is 2.58. The average molecular weight is 366 g/mol. The zero-order valence-electron chi connectivity index (χ0n) is 13.0. The molecule has 0 saturated heterocycles. The minimum absolute atomic E-state index is 0.115. The molecule has 0 fully saturated rings. The van der Waals surface area contributed by atoms with Crippen molar-refractivity contribution in [2.24, 2.45) is 5.14 Å². The van der Waals surface area contributed by atoms with Crippen LogP contribution in [0.1, 0.15) is 5.69 Å². The number of hydrogen-bond donors (Lipinski definition) is 2. The Morgan fingerprint density at radius 2 is 1.84 bits per heavy atom. The minimum Gasteiger partial charge on any atom is -0.325 e. The van der Waals surface area contributed by atoms with Crippen molar-refractivity contribution in [3.63, 3.8) is 0 Å². The predicted octanol–water partition coefficient (Wildman–Crippen LogP) is 0.351. The number of nitrogens with one attached hydrogen (secondary N) is 1. The van der Waals surface area contributed by atoms with Crippen LogP contribution in [0.5, 0.6) is 0 Å². The Hall–Kier alpha value is -3.05. The molecule has 132 valence electrons. The van der Waals surface area contributed by atoms with Crippen LogP contribution in [0.4, 0.5) is 11.4 Å². The first-order valence-electron chi connectivity index (χ1n) is 6.87. The van der Waals surface area contributed by atoms with Crippen LogP contribution in [0.25, 0.3) is 0 Å². The van der Waals surface area contributed by atoms with Crippen LogP contribution in [0.3, 0.4) is 0 Å². The summed E-state index contributed by atoms with van der Waals surface area (Å²) >= 11 is 0. The number of rotatable bonds is 5. The summed E-state index contributed by atoms with van der Waals surface area (Å²) in [7, 11) is -3.84. The van der Waals surface area contributed by atoms with Crippen molar-refractivity contribution in [2.75, 3.05) is 5.32 Å². The van der Waals surface area contributed by atoms with Gasteiger partial charge in [-0.05, 0) is 37.3 Å². The first-order valence-corrected chi connectivity index (χ1v) is 8.42. The molecule has 2 rings (SSSR count). The summed E-state index contributed by atoms with van der Waals surface area (Å²) in [5.41, 5.74) is -0.843. The van der Waals surface area contributed by atoms with Crippen molar-refractivity contribution in [2.45, 2.75) is 18.4 Å². The first kappa shape index (κ1) is 18.3. The summed E-state index contributed by atoms with van der Waals surface area (Å²) < 4.78 is 23.3. The predicted molar refractivity (Wildman–Crippen MR) is 88.5 cm³/mol. The molecular weight excluding hydrogens is 352 g/mol. The highest BCUT2D eigenvalue weighted by Gasteiger charge is 2.17. The van der Waals surface area contributed by atoms with E-state index < -0.39 is 38.6 Å². The Kier molecular flexibility index (Phi) is 4.99. The molecule has 11 heteroatoms. The van der Waals surface area contributed by atoms with Crippen LogP contribution in [0.2, 0.25) is 0 Å². The number of amides is 1. The van der Waals surface area contributed by atoms with Gasteiger partial charge in [-0.25, -0.2) is 13.6 Å². The third-order valence-electron chi connectivity index (χ3n) is 3.34. The number of nitrogens with zero attached hydrogens (tertiary/aromatic N) is 2. The van der Waals surface area contributed by atoms with E-state index in [1.165, 1.54) is 30.3 Å². The third kappa shape index (κ3) is 4.28. The lowest BCUT2D eigenvalue weighted by molar-refractivity contribution is -0.386. The fraction of sp³-hybridized carbons (Fsp3) is 0.143. The van der Waals surface area contributed by atoms with Gasteiger partial charge >= 0.3 is 11.2 Å². The molecule has 0 bridgehead atoms. The van der Waals surface area contributed by atoms with E-state index >= 15 is 0 Å². The number of anilines is 1. The lowest BCUT2D eigenvalue weighted by Crippen LogP contribution is -2.30. The number of hydrogen-bond acceptors (Lipinski definition) is 6. The van der Waals surface area contributed by atoms with Crippen molar-refractivity contribution in [1.82, 2.24) is 4.57 Å². The molecule has 0 unspecified atom stereocenters. The molecule has 0 radical (unpaired) electrons. The van der Waals surface area contributed by atoms with Crippen LogP contribution >= 0.6 is 0 Å². The molecule has 1 aromatic carbocycles. The summed E-state index contributed by atoms with van der Waals surface area (Å²) in [6.07, 6.45) is 0. The monoisotopic (exact) mass is 366 g/mol. The number of sulfonamides is 1. The molecule has 0 atom stereocenters. The standard InChI is InChI=1S/C14H14N4O6S/c1-9-2-7-12(18(21)22)14(20)17(9)8-13(19)16-10-3-5-11(6-4-10)25(15,23)24/h2-7H,8H2,1H3,(H,16,19)(H2,15,23,24). The zero-order chi connectivity index (χ0) is 18.8. The van der Waals surface area contributed by atoms with Gasteiger partial charge in [-0.2, -0.15) is 0 Å². The molecule has 1 heterocycles. The third-order valence-corrected chi connectivity index (χ3v) is 4.27. The van der Waals surface area contributed by atoms with Gasteiger partial charge in [0.05, 0.1) is 9.82 Å². The van der Waals surface area contributed by atoms with E-state index in [0.29, 0.717) is 5.69 Å². The molecule has 25 heavy (non-hydrogen) atoms. The average Bonchev–Trinajstić information content (AvgIpc) is 2.50. The minimum atomic E-state index is -3.84. The number of primary sulfonamides is 1. The Balaban J connectivity index is 2.20. The number of aryl methyl sites for hydroxylation is 1. The quantitative estimate of drug-likeness (QED) is 0.575. The van der Waals surface area contributed by atoms with Gasteiger partial charge in [0.2, 0.25) is 15.9 Å². The highest BCUT2D eigenvalue weighted by atomic mass is 32.2. The van der Waals surface area contributed by atoms with Gasteiger partial charge in [0.1, 0.15) is 6.54 Å². The van der Waals surface area contributed by atoms with Gasteiger partial charge in [-0.1, -0.05) is 0 Å². The highest BCUT2D eigenvalue weighted by molar-refractivity contribution is 7.89. The molecule has 2 aromatic rings. The van der Waals surface area contributed by atoms with Crippen LogP contribution in [0.15, 0.2) is 46.1 Å². The van der Waals surface area contributed by atoms with Gasteiger partial charge in [-0.3, -0.25) is 24.3 Å². The molecule has 0 aliphatic heterocycles. The lowest BCUT2D eigenvalue weighted by Gasteiger charge is -2.10. The van der Waals surface area contributed by atoms with E-state index in [0.717, 1.165) is 10.6 Å². The molecule has 10 nitrogen and oxygen atoms in total. The van der Waals surface area contributed by atoms with Crippen LogP contribution in [0, 0.1) is 17.0 Å². The van der Waals surface area contributed by atoms with Crippen LogP contribution < -0.4 is 16.0 Å². The number of benzene rings is 1. The maximum absolute atomic E-state index is 12.1. The molecule has 0 spiro atoms. The van der Waals surface area contributed by atoms with E-state index in [-0.39, 0.29) is 10.6 Å². The van der Waals surface area contributed by atoms with Crippen molar-refractivity contribution < 1.29 is 18.1 Å². The Morgan fingerprint density at radius 3 is 2.36 bits per heavy atom. The number of carbonyl (C=O) groups excluding carboxylic acids is 1. The van der Waals surface area contributed by atoms with Crippen molar-refractivity contribution >= 4 is 27.3 Å². The summed E-state index contributed by atoms with van der Waals surface area (Å²) in [4.78, 5) is 34.0. The zero-order valence-corrected chi connectivity index (χ0v) is 13.8. The molecule has 1 amide bonds. The van der Waals surface area contributed by atoms with Gasteiger partial charge in [0.15, 0.2) is 0 Å². The maximum Gasteiger partial charge on any atom is 0.334 e. The molecule has 0 aliphatic rings. The van der Waals surface area contributed by atoms with Crippen molar-refractivity contribution in [3.8, 4) is 0 Å². The van der Waals surface area contributed by atoms with Gasteiger partial charge in [0, 0.05) is 17.4 Å². The summed E-state index contributed by atoms with van der Waals surface area (Å²) in [6.45, 7) is 1.11. The highest BCUT2D eigenvalue weighted by Crippen LogP contribution is 2.13. The number of nitro groups is 1. The Bertz CT molecular complexity index is 995. The van der Waals surface area contributed by atoms with Gasteiger partial charge in [-0.15, -0.1) is 0 Å². The van der Waals surface area contributed by atoms with Crippen molar-refractivity contribution in [3.05, 3.63) is 62.6 Å². The molecule has 0 aliphatic carbocycles. The second kappa shape index (κ2) is 6.83. The van der Waals surface area contributed by atoms with Gasteiger partial charge < -0.3 is 5.32 Å². The topological polar surface area (TPSA) is 154 Å². The molecule has 1 aromatic heterocycles.